The van der Waals surface area contributed by atoms with Crippen LogP contribution in [-0.4, -0.2) is 33.7 Å². The Morgan fingerprint density at radius 1 is 1.50 bits per heavy atom. The number of anilines is 2. The van der Waals surface area contributed by atoms with E-state index in [4.69, 9.17) is 5.73 Å². The molecule has 5 N–H and O–H groups in total. The number of nitrogens with two attached hydrogens (primary N) is 1. The van der Waals surface area contributed by atoms with Crippen LogP contribution in [0.4, 0.5) is 11.9 Å². The number of amides is 1. The van der Waals surface area contributed by atoms with Crippen molar-refractivity contribution in [3.8, 4) is 0 Å². The van der Waals surface area contributed by atoms with E-state index in [1.165, 1.54) is 0 Å². The molecule has 0 saturated heterocycles. The van der Waals surface area contributed by atoms with Crippen LogP contribution >= 0.6 is 0 Å². The van der Waals surface area contributed by atoms with Crippen molar-refractivity contribution in [2.24, 2.45) is 5.92 Å². The molecule has 1 rings (SSSR count). The molecule has 0 spiro atoms. The van der Waals surface area contributed by atoms with Gasteiger partial charge in [-0.15, -0.1) is 5.10 Å². The highest BCUT2D eigenvalue weighted by atomic mass is 16.2. The maximum Gasteiger partial charge on any atom is 0.244 e. The minimum atomic E-state index is -0.394. The summed E-state index contributed by atoms with van der Waals surface area (Å²) in [4.78, 5) is 15.4. The molecule has 0 aromatic carbocycles. The van der Waals surface area contributed by atoms with E-state index in [0.717, 1.165) is 0 Å². The van der Waals surface area contributed by atoms with Crippen LogP contribution in [0.1, 0.15) is 20.8 Å². The first-order valence-corrected chi connectivity index (χ1v) is 5.21. The first kappa shape index (κ1) is 12.3. The Morgan fingerprint density at radius 3 is 2.69 bits per heavy atom. The van der Waals surface area contributed by atoms with Gasteiger partial charge in [-0.25, -0.2) is 5.10 Å². The standard InChI is InChI=1S/C9H18N6O/c1-5(2)4-11-7(16)6(3)12-9-13-8(10)14-15-9/h5-6H,4H2,1-3H3,(H,11,16)(H4,10,12,13,14,15). The summed E-state index contributed by atoms with van der Waals surface area (Å²) in [5.41, 5.74) is 5.36. The van der Waals surface area contributed by atoms with Crippen LogP contribution in [0.2, 0.25) is 0 Å². The summed E-state index contributed by atoms with van der Waals surface area (Å²) >= 11 is 0. The van der Waals surface area contributed by atoms with E-state index in [2.05, 4.69) is 25.8 Å². The summed E-state index contributed by atoms with van der Waals surface area (Å²) in [5.74, 6) is 0.884. The third-order valence-electron chi connectivity index (χ3n) is 1.93. The van der Waals surface area contributed by atoms with Crippen LogP contribution in [0, 0.1) is 5.92 Å². The topological polar surface area (TPSA) is 109 Å². The van der Waals surface area contributed by atoms with Gasteiger partial charge in [-0.1, -0.05) is 13.8 Å². The molecule has 1 aromatic heterocycles. The van der Waals surface area contributed by atoms with E-state index in [9.17, 15) is 4.79 Å². The van der Waals surface area contributed by atoms with E-state index >= 15 is 0 Å². The van der Waals surface area contributed by atoms with Gasteiger partial charge in [0.2, 0.25) is 17.8 Å². The number of nitrogen functional groups attached to an aromatic ring is 1. The van der Waals surface area contributed by atoms with Crippen LogP contribution in [0.3, 0.4) is 0 Å². The molecule has 90 valence electrons. The second-order valence-electron chi connectivity index (χ2n) is 4.05. The van der Waals surface area contributed by atoms with Gasteiger partial charge in [0.25, 0.3) is 0 Å². The largest absolute Gasteiger partial charge is 0.368 e. The predicted octanol–water partition coefficient (Wildman–Crippen LogP) is -0.0405. The summed E-state index contributed by atoms with van der Waals surface area (Å²) in [7, 11) is 0. The van der Waals surface area contributed by atoms with Crippen molar-refractivity contribution >= 4 is 17.8 Å². The van der Waals surface area contributed by atoms with Crippen molar-refractivity contribution in [2.45, 2.75) is 26.8 Å². The first-order chi connectivity index (χ1) is 7.49. The van der Waals surface area contributed by atoms with E-state index in [1.807, 2.05) is 13.8 Å². The molecule has 1 amide bonds. The molecule has 16 heavy (non-hydrogen) atoms. The molecule has 0 radical (unpaired) electrons. The van der Waals surface area contributed by atoms with Crippen molar-refractivity contribution < 1.29 is 4.79 Å². The Bertz CT molecular complexity index is 348. The highest BCUT2D eigenvalue weighted by Gasteiger charge is 2.14. The first-order valence-electron chi connectivity index (χ1n) is 5.21. The molecule has 1 heterocycles. The Morgan fingerprint density at radius 2 is 2.19 bits per heavy atom. The molecule has 0 aliphatic heterocycles. The number of carbonyl (C=O) groups excluding carboxylic acids is 1. The van der Waals surface area contributed by atoms with Crippen LogP contribution in [0.25, 0.3) is 0 Å². The van der Waals surface area contributed by atoms with Crippen molar-refractivity contribution in [2.75, 3.05) is 17.6 Å². The van der Waals surface area contributed by atoms with Crippen molar-refractivity contribution in [3.05, 3.63) is 0 Å². The molecule has 7 heteroatoms. The molecule has 7 nitrogen and oxygen atoms in total. The van der Waals surface area contributed by atoms with Crippen LogP contribution in [0.15, 0.2) is 0 Å². The lowest BCUT2D eigenvalue weighted by molar-refractivity contribution is -0.121. The molecule has 1 atom stereocenters. The molecule has 0 bridgehead atoms. The van der Waals surface area contributed by atoms with Crippen LogP contribution in [0.5, 0.6) is 0 Å². The second kappa shape index (κ2) is 5.34. The van der Waals surface area contributed by atoms with Gasteiger partial charge in [-0.2, -0.15) is 4.98 Å². The Labute approximate surface area is 94.2 Å². The zero-order valence-electron chi connectivity index (χ0n) is 9.74. The number of H-pyrrole nitrogens is 1. The summed E-state index contributed by atoms with van der Waals surface area (Å²) in [6, 6.07) is -0.394. The third-order valence-corrected chi connectivity index (χ3v) is 1.93. The molecule has 0 aliphatic rings. The fourth-order valence-electron chi connectivity index (χ4n) is 1.06. The van der Waals surface area contributed by atoms with E-state index in [-0.39, 0.29) is 11.9 Å². The number of aromatic nitrogens is 3. The number of hydrogen-bond acceptors (Lipinski definition) is 5. The van der Waals surface area contributed by atoms with Gasteiger partial charge in [0.15, 0.2) is 0 Å². The number of rotatable bonds is 5. The third kappa shape index (κ3) is 3.76. The SMILES string of the molecule is CC(C)CNC(=O)C(C)Nc1n[nH]c(N)n1. The molecular weight excluding hydrogens is 208 g/mol. The highest BCUT2D eigenvalue weighted by Crippen LogP contribution is 2.01. The van der Waals surface area contributed by atoms with Gasteiger partial charge >= 0.3 is 0 Å². The lowest BCUT2D eigenvalue weighted by atomic mass is 10.2. The zero-order chi connectivity index (χ0) is 12.1. The molecule has 1 unspecified atom stereocenters. The minimum Gasteiger partial charge on any atom is -0.368 e. The number of aromatic amines is 1. The maximum absolute atomic E-state index is 11.6. The lowest BCUT2D eigenvalue weighted by Crippen LogP contribution is -2.39. The summed E-state index contributed by atoms with van der Waals surface area (Å²) < 4.78 is 0. The van der Waals surface area contributed by atoms with Crippen LogP contribution < -0.4 is 16.4 Å². The van der Waals surface area contributed by atoms with Gasteiger partial charge in [0, 0.05) is 6.54 Å². The fourth-order valence-corrected chi connectivity index (χ4v) is 1.06. The smallest absolute Gasteiger partial charge is 0.244 e. The fraction of sp³-hybridized carbons (Fsp3) is 0.667. The molecule has 0 aliphatic carbocycles. The summed E-state index contributed by atoms with van der Waals surface area (Å²) in [6.07, 6.45) is 0. The normalized spacial score (nSPS) is 12.5. The number of carbonyl (C=O) groups is 1. The Balaban J connectivity index is 2.39. The molecule has 0 saturated carbocycles. The average molecular weight is 226 g/mol. The lowest BCUT2D eigenvalue weighted by Gasteiger charge is -2.13. The number of hydrogen-bond donors (Lipinski definition) is 4. The van der Waals surface area contributed by atoms with Gasteiger partial charge < -0.3 is 16.4 Å². The summed E-state index contributed by atoms with van der Waals surface area (Å²) in [5, 5.41) is 11.9. The van der Waals surface area contributed by atoms with Crippen molar-refractivity contribution in [1.29, 1.82) is 0 Å². The summed E-state index contributed by atoms with van der Waals surface area (Å²) in [6.45, 7) is 6.46. The van der Waals surface area contributed by atoms with Crippen LogP contribution in [-0.2, 0) is 4.79 Å². The maximum atomic E-state index is 11.6. The van der Waals surface area contributed by atoms with E-state index < -0.39 is 6.04 Å². The monoisotopic (exact) mass is 226 g/mol. The molecular formula is C9H18N6O. The second-order valence-corrected chi connectivity index (χ2v) is 4.05. The van der Waals surface area contributed by atoms with Crippen molar-refractivity contribution in [3.63, 3.8) is 0 Å². The van der Waals surface area contributed by atoms with Gasteiger partial charge in [-0.3, -0.25) is 4.79 Å². The molecule has 1 aromatic rings. The van der Waals surface area contributed by atoms with E-state index in [0.29, 0.717) is 18.4 Å². The quantitative estimate of drug-likeness (QED) is 0.563. The van der Waals surface area contributed by atoms with Gasteiger partial charge in [-0.05, 0) is 12.8 Å². The number of nitrogens with zero attached hydrogens (tertiary/aromatic N) is 2. The predicted molar refractivity (Wildman–Crippen MR) is 61.7 cm³/mol. The Kier molecular flexibility index (Phi) is 4.10. The van der Waals surface area contributed by atoms with Gasteiger partial charge in [0.05, 0.1) is 0 Å². The molecule has 0 fully saturated rings. The number of nitrogens with one attached hydrogen (secondary N) is 3. The zero-order valence-corrected chi connectivity index (χ0v) is 9.74. The van der Waals surface area contributed by atoms with Gasteiger partial charge in [0.1, 0.15) is 6.04 Å². The van der Waals surface area contributed by atoms with Crippen molar-refractivity contribution in [1.82, 2.24) is 20.5 Å². The Hall–Kier alpha value is -1.79. The average Bonchev–Trinajstić information content (AvgIpc) is 2.60. The minimum absolute atomic E-state index is 0.0860. The van der Waals surface area contributed by atoms with E-state index in [1.54, 1.807) is 6.92 Å². The highest BCUT2D eigenvalue weighted by molar-refractivity contribution is 5.83.